The number of fused-ring (bicyclic) bond motifs is 2. The maximum Gasteiger partial charge on any atom is 0.266 e. The molecule has 0 aliphatic carbocycles. The minimum absolute atomic E-state index is 0.0687. The van der Waals surface area contributed by atoms with Crippen molar-refractivity contribution in [2.24, 2.45) is 0 Å². The third-order valence-electron chi connectivity index (χ3n) is 7.53. The molecule has 6 heteroatoms. The lowest BCUT2D eigenvalue weighted by molar-refractivity contribution is 0.0646. The number of carbonyl (C=O) groups is 1. The van der Waals surface area contributed by atoms with E-state index in [9.17, 15) is 9.59 Å². The van der Waals surface area contributed by atoms with Crippen LogP contribution in [0.4, 0.5) is 0 Å². The molecule has 0 saturated heterocycles. The van der Waals surface area contributed by atoms with E-state index in [1.807, 2.05) is 110 Å². The van der Waals surface area contributed by atoms with Crippen molar-refractivity contribution in [1.82, 2.24) is 19.4 Å². The molecule has 0 aliphatic heterocycles. The highest BCUT2D eigenvalue weighted by atomic mass is 16.2. The van der Waals surface area contributed by atoms with Crippen molar-refractivity contribution < 1.29 is 4.79 Å². The summed E-state index contributed by atoms with van der Waals surface area (Å²) in [7, 11) is 4.00. The Kier molecular flexibility index (Phi) is 8.08. The number of amides is 1. The number of nitrogens with zero attached hydrogens (tertiary/aromatic N) is 4. The van der Waals surface area contributed by atoms with Crippen LogP contribution in [0.5, 0.6) is 0 Å². The Morgan fingerprint density at radius 1 is 0.825 bits per heavy atom. The van der Waals surface area contributed by atoms with Crippen LogP contribution in [0.2, 0.25) is 0 Å². The maximum atomic E-state index is 14.4. The average Bonchev–Trinajstić information content (AvgIpc) is 2.98. The largest absolute Gasteiger partial charge is 0.327 e. The molecular weight excluding hydrogens is 496 g/mol. The molecule has 40 heavy (non-hydrogen) atoms. The van der Waals surface area contributed by atoms with Gasteiger partial charge in [0.1, 0.15) is 5.82 Å². The summed E-state index contributed by atoms with van der Waals surface area (Å²) < 4.78 is 1.70. The van der Waals surface area contributed by atoms with E-state index < -0.39 is 6.04 Å². The summed E-state index contributed by atoms with van der Waals surface area (Å²) in [6.07, 6.45) is 1.51. The summed E-state index contributed by atoms with van der Waals surface area (Å²) in [4.78, 5) is 37.5. The molecule has 6 nitrogen and oxygen atoms in total. The van der Waals surface area contributed by atoms with Crippen molar-refractivity contribution in [2.75, 3.05) is 27.2 Å². The zero-order valence-electron chi connectivity index (χ0n) is 23.7. The van der Waals surface area contributed by atoms with Crippen LogP contribution in [0.15, 0.2) is 95.8 Å². The van der Waals surface area contributed by atoms with Crippen molar-refractivity contribution in [3.8, 4) is 5.69 Å². The SMILES string of the molecule is CCc1ccc(-n2c(C(CC)N(CCN(C)C)C(=O)c3cccc4ccccc34)nc3ccccc3c2=O)cc1. The number of para-hydroxylation sites is 1. The fourth-order valence-corrected chi connectivity index (χ4v) is 5.32. The topological polar surface area (TPSA) is 58.4 Å². The van der Waals surface area contributed by atoms with Crippen molar-refractivity contribution >= 4 is 27.6 Å². The first-order valence-electron chi connectivity index (χ1n) is 14.0. The Morgan fingerprint density at radius 3 is 2.20 bits per heavy atom. The minimum atomic E-state index is -0.422. The van der Waals surface area contributed by atoms with Gasteiger partial charge in [-0.1, -0.05) is 74.5 Å². The van der Waals surface area contributed by atoms with Crippen LogP contribution < -0.4 is 5.56 Å². The van der Waals surface area contributed by atoms with Crippen molar-refractivity contribution in [3.05, 3.63) is 118 Å². The highest BCUT2D eigenvalue weighted by molar-refractivity contribution is 6.07. The van der Waals surface area contributed by atoms with Gasteiger partial charge in [-0.05, 0) is 73.6 Å². The monoisotopic (exact) mass is 532 g/mol. The van der Waals surface area contributed by atoms with Gasteiger partial charge in [-0.3, -0.25) is 14.2 Å². The van der Waals surface area contributed by atoms with Gasteiger partial charge in [-0.15, -0.1) is 0 Å². The van der Waals surface area contributed by atoms with E-state index in [0.29, 0.717) is 41.8 Å². The molecule has 1 unspecified atom stereocenters. The fraction of sp³-hybridized carbons (Fsp3) is 0.265. The van der Waals surface area contributed by atoms with Gasteiger partial charge >= 0.3 is 0 Å². The number of likely N-dealkylation sites (N-methyl/N-ethyl adjacent to an activating group) is 1. The van der Waals surface area contributed by atoms with Crippen LogP contribution in [0.1, 0.15) is 48.1 Å². The Labute approximate surface area is 235 Å². The van der Waals surface area contributed by atoms with Crippen LogP contribution in [0.3, 0.4) is 0 Å². The summed E-state index contributed by atoms with van der Waals surface area (Å²) in [6.45, 7) is 5.33. The zero-order valence-corrected chi connectivity index (χ0v) is 23.7. The molecule has 1 atom stereocenters. The summed E-state index contributed by atoms with van der Waals surface area (Å²) in [6, 6.07) is 28.9. The molecule has 1 aromatic heterocycles. The molecule has 1 amide bonds. The molecule has 0 radical (unpaired) electrons. The molecule has 5 rings (SSSR count). The normalized spacial score (nSPS) is 12.2. The van der Waals surface area contributed by atoms with Gasteiger partial charge in [-0.2, -0.15) is 0 Å². The van der Waals surface area contributed by atoms with Crippen LogP contribution >= 0.6 is 0 Å². The smallest absolute Gasteiger partial charge is 0.266 e. The van der Waals surface area contributed by atoms with Gasteiger partial charge in [0.2, 0.25) is 0 Å². The summed E-state index contributed by atoms with van der Waals surface area (Å²) in [5.74, 6) is 0.503. The summed E-state index contributed by atoms with van der Waals surface area (Å²) in [5.41, 5.74) is 3.09. The van der Waals surface area contributed by atoms with Crippen LogP contribution in [0, 0.1) is 0 Å². The van der Waals surface area contributed by atoms with Crippen LogP contribution in [-0.4, -0.2) is 52.4 Å². The third-order valence-corrected chi connectivity index (χ3v) is 7.53. The van der Waals surface area contributed by atoms with E-state index in [1.165, 1.54) is 5.56 Å². The molecule has 0 aliphatic rings. The minimum Gasteiger partial charge on any atom is -0.327 e. The first-order valence-corrected chi connectivity index (χ1v) is 14.0. The van der Waals surface area contributed by atoms with Gasteiger partial charge < -0.3 is 9.80 Å². The van der Waals surface area contributed by atoms with E-state index >= 15 is 0 Å². The second-order valence-electron chi connectivity index (χ2n) is 10.4. The first-order chi connectivity index (χ1) is 19.4. The highest BCUT2D eigenvalue weighted by Crippen LogP contribution is 2.29. The van der Waals surface area contributed by atoms with Crippen molar-refractivity contribution in [1.29, 1.82) is 0 Å². The number of hydrogen-bond acceptors (Lipinski definition) is 4. The quantitative estimate of drug-likeness (QED) is 0.225. The molecule has 5 aromatic rings. The number of aryl methyl sites for hydroxylation is 1. The first kappa shape index (κ1) is 27.3. The number of benzene rings is 4. The van der Waals surface area contributed by atoms with Crippen molar-refractivity contribution in [3.63, 3.8) is 0 Å². The third kappa shape index (κ3) is 5.27. The lowest BCUT2D eigenvalue weighted by Crippen LogP contribution is -2.42. The number of hydrogen-bond donors (Lipinski definition) is 0. The zero-order chi connectivity index (χ0) is 28.2. The van der Waals surface area contributed by atoms with E-state index in [1.54, 1.807) is 4.57 Å². The Balaban J connectivity index is 1.72. The fourth-order valence-electron chi connectivity index (χ4n) is 5.32. The second kappa shape index (κ2) is 11.8. The molecule has 1 heterocycles. The molecule has 0 saturated carbocycles. The molecule has 204 valence electrons. The molecule has 0 bridgehead atoms. The maximum absolute atomic E-state index is 14.4. The average molecular weight is 533 g/mol. The Morgan fingerprint density at radius 2 is 1.50 bits per heavy atom. The van der Waals surface area contributed by atoms with Crippen LogP contribution in [0.25, 0.3) is 27.4 Å². The van der Waals surface area contributed by atoms with Crippen molar-refractivity contribution in [2.45, 2.75) is 32.7 Å². The van der Waals surface area contributed by atoms with E-state index in [2.05, 4.69) is 18.7 Å². The lowest BCUT2D eigenvalue weighted by atomic mass is 10.0. The Bertz CT molecular complexity index is 1700. The summed E-state index contributed by atoms with van der Waals surface area (Å²) in [5, 5.41) is 2.49. The number of rotatable bonds is 9. The molecule has 0 spiro atoms. The van der Waals surface area contributed by atoms with Gasteiger partial charge in [0.25, 0.3) is 11.5 Å². The predicted octanol–water partition coefficient (Wildman–Crippen LogP) is 6.26. The standard InChI is InChI=1S/C34H36N4O2/c1-5-24-18-20-26(21-19-24)38-32(35-30-17-10-9-15-29(30)34(38)40)31(6-2)37(23-22-36(3)4)33(39)28-16-11-13-25-12-7-8-14-27(25)28/h7-21,31H,5-6,22-23H2,1-4H3. The molecule has 4 aromatic carbocycles. The van der Waals surface area contributed by atoms with Gasteiger partial charge in [0, 0.05) is 18.7 Å². The van der Waals surface area contributed by atoms with Gasteiger partial charge in [0.15, 0.2) is 0 Å². The van der Waals surface area contributed by atoms with E-state index in [4.69, 9.17) is 4.98 Å². The molecular formula is C34H36N4O2. The highest BCUT2D eigenvalue weighted by Gasteiger charge is 2.30. The molecule has 0 fully saturated rings. The van der Waals surface area contributed by atoms with Gasteiger partial charge in [-0.25, -0.2) is 4.98 Å². The number of carbonyl (C=O) groups excluding carboxylic acids is 1. The van der Waals surface area contributed by atoms with E-state index in [0.717, 1.165) is 22.9 Å². The Hall–Kier alpha value is -4.29. The lowest BCUT2D eigenvalue weighted by Gasteiger charge is -2.33. The van der Waals surface area contributed by atoms with E-state index in [-0.39, 0.29) is 11.5 Å². The second-order valence-corrected chi connectivity index (χ2v) is 10.4. The predicted molar refractivity (Wildman–Crippen MR) is 163 cm³/mol. The van der Waals surface area contributed by atoms with Crippen LogP contribution in [-0.2, 0) is 6.42 Å². The number of aromatic nitrogens is 2. The van der Waals surface area contributed by atoms with Gasteiger partial charge in [0.05, 0.1) is 22.6 Å². The molecule has 0 N–H and O–H groups in total. The summed E-state index contributed by atoms with van der Waals surface area (Å²) >= 11 is 0.